The van der Waals surface area contributed by atoms with E-state index in [1.807, 2.05) is 42.5 Å². The van der Waals surface area contributed by atoms with Crippen LogP contribution in [0.3, 0.4) is 0 Å². The van der Waals surface area contributed by atoms with E-state index in [0.29, 0.717) is 11.6 Å². The van der Waals surface area contributed by atoms with Crippen molar-refractivity contribution in [3.8, 4) is 0 Å². The first-order chi connectivity index (χ1) is 9.56. The lowest BCUT2D eigenvalue weighted by Crippen LogP contribution is -2.15. The normalized spacial score (nSPS) is 10.3. The zero-order chi connectivity index (χ0) is 14.5. The van der Waals surface area contributed by atoms with Crippen LogP contribution in [0.25, 0.3) is 0 Å². The van der Waals surface area contributed by atoms with Crippen molar-refractivity contribution in [1.82, 2.24) is 0 Å². The number of carbonyl (C=O) groups excluding carboxylic acids is 1. The molecule has 0 radical (unpaired) electrons. The van der Waals surface area contributed by atoms with E-state index in [9.17, 15) is 4.79 Å². The van der Waals surface area contributed by atoms with Crippen molar-refractivity contribution < 1.29 is 4.79 Å². The monoisotopic (exact) mass is 352 g/mol. The summed E-state index contributed by atoms with van der Waals surface area (Å²) in [5.41, 5.74) is 8.14. The Balaban J connectivity index is 2.12. The fraction of sp³-hybridized carbons (Fsp3) is 0.133. The van der Waals surface area contributed by atoms with E-state index in [1.54, 1.807) is 0 Å². The van der Waals surface area contributed by atoms with Crippen LogP contribution in [-0.2, 0) is 17.8 Å². The fourth-order valence-corrected chi connectivity index (χ4v) is 2.71. The number of primary amides is 1. The highest BCUT2D eigenvalue weighted by molar-refractivity contribution is 9.10. The molecule has 3 N–H and O–H groups in total. The molecule has 0 aromatic heterocycles. The number of para-hydroxylation sites is 1. The Morgan fingerprint density at radius 1 is 1.20 bits per heavy atom. The number of rotatable bonds is 5. The third kappa shape index (κ3) is 3.99. The molecule has 0 saturated heterocycles. The number of benzene rings is 2. The molecule has 2 rings (SSSR count). The van der Waals surface area contributed by atoms with Gasteiger partial charge < -0.3 is 11.1 Å². The van der Waals surface area contributed by atoms with Gasteiger partial charge >= 0.3 is 0 Å². The maximum absolute atomic E-state index is 11.1. The molecule has 0 spiro atoms. The van der Waals surface area contributed by atoms with Crippen LogP contribution < -0.4 is 11.1 Å². The van der Waals surface area contributed by atoms with Gasteiger partial charge in [0, 0.05) is 21.7 Å². The molecule has 0 heterocycles. The van der Waals surface area contributed by atoms with E-state index in [-0.39, 0.29) is 12.3 Å². The first kappa shape index (κ1) is 14.9. The number of halogens is 2. The van der Waals surface area contributed by atoms with E-state index in [2.05, 4.69) is 21.2 Å². The fourth-order valence-electron chi connectivity index (χ4n) is 1.89. The standard InChI is InChI=1S/C15H14BrClN2O/c16-13-8-12(17)6-5-11(13)9-19-14-4-2-1-3-10(14)7-15(18)20/h1-6,8,19H,7,9H2,(H2,18,20). The minimum atomic E-state index is -0.341. The van der Waals surface area contributed by atoms with Crippen molar-refractivity contribution in [2.24, 2.45) is 5.73 Å². The molecule has 0 saturated carbocycles. The molecule has 2 aromatic carbocycles. The van der Waals surface area contributed by atoms with Crippen LogP contribution in [0.2, 0.25) is 5.02 Å². The topological polar surface area (TPSA) is 55.1 Å². The average Bonchev–Trinajstić information content (AvgIpc) is 2.39. The van der Waals surface area contributed by atoms with Gasteiger partial charge in [-0.25, -0.2) is 0 Å². The molecule has 1 amide bonds. The first-order valence-corrected chi connectivity index (χ1v) is 7.27. The Kier molecular flexibility index (Phi) is 5.04. The third-order valence-electron chi connectivity index (χ3n) is 2.87. The summed E-state index contributed by atoms with van der Waals surface area (Å²) >= 11 is 9.40. The lowest BCUT2D eigenvalue weighted by atomic mass is 10.1. The molecule has 3 nitrogen and oxygen atoms in total. The zero-order valence-corrected chi connectivity index (χ0v) is 13.0. The molecular formula is C15H14BrClN2O. The Bertz CT molecular complexity index is 631. The van der Waals surface area contributed by atoms with E-state index in [1.165, 1.54) is 0 Å². The maximum atomic E-state index is 11.1. The molecular weight excluding hydrogens is 340 g/mol. The second-order valence-corrected chi connectivity index (χ2v) is 5.68. The van der Waals surface area contributed by atoms with Crippen molar-refractivity contribution in [3.05, 3.63) is 63.1 Å². The van der Waals surface area contributed by atoms with Crippen LogP contribution >= 0.6 is 27.5 Å². The summed E-state index contributed by atoms with van der Waals surface area (Å²) in [5.74, 6) is -0.341. The number of hydrogen-bond donors (Lipinski definition) is 2. The zero-order valence-electron chi connectivity index (χ0n) is 10.7. The molecule has 0 fully saturated rings. The second-order valence-electron chi connectivity index (χ2n) is 4.39. The number of hydrogen-bond acceptors (Lipinski definition) is 2. The first-order valence-electron chi connectivity index (χ1n) is 6.10. The lowest BCUT2D eigenvalue weighted by Gasteiger charge is -2.12. The summed E-state index contributed by atoms with van der Waals surface area (Å²) in [7, 11) is 0. The summed E-state index contributed by atoms with van der Waals surface area (Å²) in [4.78, 5) is 11.1. The third-order valence-corrected chi connectivity index (χ3v) is 3.84. The van der Waals surface area contributed by atoms with Gasteiger partial charge in [-0.15, -0.1) is 0 Å². The van der Waals surface area contributed by atoms with Gasteiger partial charge in [-0.2, -0.15) is 0 Å². The Hall–Kier alpha value is -1.52. The van der Waals surface area contributed by atoms with Gasteiger partial charge in [-0.3, -0.25) is 4.79 Å². The second kappa shape index (κ2) is 6.77. The van der Waals surface area contributed by atoms with Crippen molar-refractivity contribution in [2.45, 2.75) is 13.0 Å². The highest BCUT2D eigenvalue weighted by Crippen LogP contribution is 2.23. The summed E-state index contributed by atoms with van der Waals surface area (Å²) in [6, 6.07) is 13.3. The minimum absolute atomic E-state index is 0.227. The molecule has 5 heteroatoms. The van der Waals surface area contributed by atoms with E-state index >= 15 is 0 Å². The summed E-state index contributed by atoms with van der Waals surface area (Å²) in [6.07, 6.45) is 0.227. The van der Waals surface area contributed by atoms with Crippen molar-refractivity contribution in [3.63, 3.8) is 0 Å². The van der Waals surface area contributed by atoms with Gasteiger partial charge in [0.2, 0.25) is 5.91 Å². The van der Waals surface area contributed by atoms with Crippen LogP contribution in [0.1, 0.15) is 11.1 Å². The Morgan fingerprint density at radius 3 is 2.65 bits per heavy atom. The van der Waals surface area contributed by atoms with Gasteiger partial charge in [-0.05, 0) is 29.3 Å². The molecule has 0 aliphatic heterocycles. The average molecular weight is 354 g/mol. The number of nitrogens with one attached hydrogen (secondary N) is 1. The molecule has 0 aliphatic rings. The van der Waals surface area contributed by atoms with Crippen LogP contribution in [0, 0.1) is 0 Å². The van der Waals surface area contributed by atoms with Gasteiger partial charge in [0.05, 0.1) is 6.42 Å². The van der Waals surface area contributed by atoms with Gasteiger partial charge in [0.15, 0.2) is 0 Å². The van der Waals surface area contributed by atoms with Gasteiger partial charge in [0.25, 0.3) is 0 Å². The number of anilines is 1. The number of nitrogens with two attached hydrogens (primary N) is 1. The largest absolute Gasteiger partial charge is 0.381 e. The highest BCUT2D eigenvalue weighted by Gasteiger charge is 2.06. The van der Waals surface area contributed by atoms with Crippen LogP contribution in [0.15, 0.2) is 46.9 Å². The quantitative estimate of drug-likeness (QED) is 0.860. The summed E-state index contributed by atoms with van der Waals surface area (Å²) in [6.45, 7) is 0.632. The molecule has 0 unspecified atom stereocenters. The van der Waals surface area contributed by atoms with Crippen molar-refractivity contribution >= 4 is 39.1 Å². The van der Waals surface area contributed by atoms with Crippen LogP contribution in [0.5, 0.6) is 0 Å². The lowest BCUT2D eigenvalue weighted by molar-refractivity contribution is -0.117. The van der Waals surface area contributed by atoms with Gasteiger partial charge in [0.1, 0.15) is 0 Å². The predicted molar refractivity (Wildman–Crippen MR) is 85.8 cm³/mol. The van der Waals surface area contributed by atoms with E-state index in [4.69, 9.17) is 17.3 Å². The smallest absolute Gasteiger partial charge is 0.221 e. The summed E-state index contributed by atoms with van der Waals surface area (Å²) < 4.78 is 0.949. The molecule has 0 aliphatic carbocycles. The number of carbonyl (C=O) groups is 1. The Morgan fingerprint density at radius 2 is 1.95 bits per heavy atom. The minimum Gasteiger partial charge on any atom is -0.381 e. The van der Waals surface area contributed by atoms with E-state index in [0.717, 1.165) is 21.3 Å². The SMILES string of the molecule is NC(=O)Cc1ccccc1NCc1ccc(Cl)cc1Br. The van der Waals surface area contributed by atoms with Crippen LogP contribution in [0.4, 0.5) is 5.69 Å². The number of amides is 1. The predicted octanol–water partition coefficient (Wildman–Crippen LogP) is 3.74. The molecule has 20 heavy (non-hydrogen) atoms. The molecule has 0 bridgehead atoms. The Labute approximate surface area is 131 Å². The summed E-state index contributed by atoms with van der Waals surface area (Å²) in [5, 5.41) is 4.00. The molecule has 104 valence electrons. The van der Waals surface area contributed by atoms with Crippen LogP contribution in [-0.4, -0.2) is 5.91 Å². The highest BCUT2D eigenvalue weighted by atomic mass is 79.9. The van der Waals surface area contributed by atoms with E-state index < -0.39 is 0 Å². The molecule has 2 aromatic rings. The van der Waals surface area contributed by atoms with Crippen molar-refractivity contribution in [1.29, 1.82) is 0 Å². The van der Waals surface area contributed by atoms with Gasteiger partial charge in [-0.1, -0.05) is 51.8 Å². The van der Waals surface area contributed by atoms with Crippen molar-refractivity contribution in [2.75, 3.05) is 5.32 Å². The molecule has 0 atom stereocenters. The maximum Gasteiger partial charge on any atom is 0.221 e.